The highest BCUT2D eigenvalue weighted by Gasteiger charge is 1.97. The van der Waals surface area contributed by atoms with Crippen molar-refractivity contribution in [3.63, 3.8) is 0 Å². The Morgan fingerprint density at radius 3 is 2.11 bits per heavy atom. The van der Waals surface area contributed by atoms with Crippen LogP contribution < -0.4 is 10.2 Å². The third-order valence-electron chi connectivity index (χ3n) is 2.79. The number of benzene rings is 2. The van der Waals surface area contributed by atoms with E-state index in [0.29, 0.717) is 0 Å². The van der Waals surface area contributed by atoms with Gasteiger partial charge in [0.2, 0.25) is 0 Å². The molecule has 0 fully saturated rings. The van der Waals surface area contributed by atoms with Gasteiger partial charge in [0.25, 0.3) is 0 Å². The van der Waals surface area contributed by atoms with Gasteiger partial charge in [0.15, 0.2) is 0 Å². The zero-order valence-corrected chi connectivity index (χ0v) is 12.8. The van der Waals surface area contributed by atoms with Crippen molar-refractivity contribution < 1.29 is 0 Å². The summed E-state index contributed by atoms with van der Waals surface area (Å²) in [5.41, 5.74) is 3.67. The number of rotatable bonds is 4. The Kier molecular flexibility index (Phi) is 4.47. The summed E-state index contributed by atoms with van der Waals surface area (Å²) in [7, 11) is 4.10. The number of nitrogens with one attached hydrogen (secondary N) is 1. The molecule has 2 aromatic carbocycles. The Balaban J connectivity index is 1.95. The summed E-state index contributed by atoms with van der Waals surface area (Å²) in [6.45, 7) is 0.859. The van der Waals surface area contributed by atoms with Gasteiger partial charge in [-0.1, -0.05) is 12.1 Å². The largest absolute Gasteiger partial charge is 0.381 e. The first-order chi connectivity index (χ1) is 8.65. The third-order valence-corrected chi connectivity index (χ3v) is 3.51. The smallest absolute Gasteiger partial charge is 0.0400 e. The molecule has 2 rings (SSSR count). The lowest BCUT2D eigenvalue weighted by atomic mass is 10.2. The molecule has 0 saturated carbocycles. The first-order valence-electron chi connectivity index (χ1n) is 5.91. The number of hydrogen-bond acceptors (Lipinski definition) is 2. The molecule has 0 amide bonds. The fraction of sp³-hybridized carbons (Fsp3) is 0.200. The number of hydrogen-bond donors (Lipinski definition) is 1. The molecule has 0 heterocycles. The van der Waals surface area contributed by atoms with Crippen LogP contribution in [0, 0.1) is 3.57 Å². The third kappa shape index (κ3) is 3.63. The fourth-order valence-corrected chi connectivity index (χ4v) is 2.04. The number of halogens is 1. The standard InChI is InChI=1S/C15H17IN2/c1-18(2)15-9-7-14(8-10-15)17-11-12-3-5-13(16)6-4-12/h3-10,17H,11H2,1-2H3. The predicted molar refractivity (Wildman–Crippen MR) is 87.3 cm³/mol. The van der Waals surface area contributed by atoms with E-state index in [1.165, 1.54) is 14.8 Å². The minimum absolute atomic E-state index is 0.859. The molecule has 2 aromatic rings. The highest BCUT2D eigenvalue weighted by molar-refractivity contribution is 14.1. The van der Waals surface area contributed by atoms with Gasteiger partial charge >= 0.3 is 0 Å². The molecule has 0 aromatic heterocycles. The quantitative estimate of drug-likeness (QED) is 0.838. The first-order valence-corrected chi connectivity index (χ1v) is 6.99. The zero-order valence-electron chi connectivity index (χ0n) is 10.7. The maximum absolute atomic E-state index is 3.43. The van der Waals surface area contributed by atoms with Crippen LogP contribution in [0.15, 0.2) is 48.5 Å². The van der Waals surface area contributed by atoms with Crippen molar-refractivity contribution in [3.05, 3.63) is 57.7 Å². The van der Waals surface area contributed by atoms with Crippen LogP contribution in [0.1, 0.15) is 5.56 Å². The van der Waals surface area contributed by atoms with E-state index >= 15 is 0 Å². The number of nitrogens with zero attached hydrogens (tertiary/aromatic N) is 1. The SMILES string of the molecule is CN(C)c1ccc(NCc2ccc(I)cc2)cc1. The van der Waals surface area contributed by atoms with E-state index in [4.69, 9.17) is 0 Å². The van der Waals surface area contributed by atoms with Crippen molar-refractivity contribution in [3.8, 4) is 0 Å². The molecule has 0 saturated heterocycles. The minimum Gasteiger partial charge on any atom is -0.381 e. The molecule has 0 spiro atoms. The molecule has 3 heteroatoms. The Bertz CT molecular complexity index is 489. The average molecular weight is 352 g/mol. The van der Waals surface area contributed by atoms with Crippen LogP contribution in [0.5, 0.6) is 0 Å². The van der Waals surface area contributed by atoms with Crippen LogP contribution in [0.2, 0.25) is 0 Å². The molecule has 0 bridgehead atoms. The summed E-state index contributed by atoms with van der Waals surface area (Å²) >= 11 is 2.32. The van der Waals surface area contributed by atoms with E-state index in [-0.39, 0.29) is 0 Å². The second-order valence-electron chi connectivity index (χ2n) is 4.42. The lowest BCUT2D eigenvalue weighted by molar-refractivity contribution is 1.12. The van der Waals surface area contributed by atoms with Crippen LogP contribution in [0.3, 0.4) is 0 Å². The number of anilines is 2. The Hall–Kier alpha value is -1.23. The minimum atomic E-state index is 0.859. The molecular weight excluding hydrogens is 335 g/mol. The van der Waals surface area contributed by atoms with Crippen molar-refractivity contribution >= 4 is 34.0 Å². The van der Waals surface area contributed by atoms with Crippen molar-refractivity contribution in [2.24, 2.45) is 0 Å². The summed E-state index contributed by atoms with van der Waals surface area (Å²) in [6.07, 6.45) is 0. The summed E-state index contributed by atoms with van der Waals surface area (Å²) in [4.78, 5) is 2.10. The maximum atomic E-state index is 3.43. The maximum Gasteiger partial charge on any atom is 0.0400 e. The summed E-state index contributed by atoms with van der Waals surface area (Å²) < 4.78 is 1.27. The van der Waals surface area contributed by atoms with Gasteiger partial charge in [0.1, 0.15) is 0 Å². The van der Waals surface area contributed by atoms with Crippen LogP contribution in [0.25, 0.3) is 0 Å². The van der Waals surface area contributed by atoms with E-state index in [1.54, 1.807) is 0 Å². The van der Waals surface area contributed by atoms with Gasteiger partial charge in [0, 0.05) is 35.6 Å². The Morgan fingerprint density at radius 1 is 0.944 bits per heavy atom. The second kappa shape index (κ2) is 6.09. The lowest BCUT2D eigenvalue weighted by Crippen LogP contribution is -2.08. The van der Waals surface area contributed by atoms with E-state index in [9.17, 15) is 0 Å². The molecule has 94 valence electrons. The van der Waals surface area contributed by atoms with Gasteiger partial charge in [-0.3, -0.25) is 0 Å². The zero-order chi connectivity index (χ0) is 13.0. The van der Waals surface area contributed by atoms with Gasteiger partial charge in [-0.2, -0.15) is 0 Å². The van der Waals surface area contributed by atoms with Crippen molar-refractivity contribution in [2.45, 2.75) is 6.54 Å². The normalized spacial score (nSPS) is 10.2. The summed E-state index contributed by atoms with van der Waals surface area (Å²) in [5.74, 6) is 0. The van der Waals surface area contributed by atoms with Crippen LogP contribution in [0.4, 0.5) is 11.4 Å². The molecule has 0 radical (unpaired) electrons. The summed E-state index contributed by atoms with van der Waals surface area (Å²) in [5, 5.41) is 3.43. The van der Waals surface area contributed by atoms with E-state index in [2.05, 4.69) is 81.3 Å². The first kappa shape index (κ1) is 13.2. The topological polar surface area (TPSA) is 15.3 Å². The molecule has 1 N–H and O–H groups in total. The monoisotopic (exact) mass is 352 g/mol. The van der Waals surface area contributed by atoms with E-state index in [1.807, 2.05) is 14.1 Å². The summed E-state index contributed by atoms with van der Waals surface area (Å²) in [6, 6.07) is 17.0. The van der Waals surface area contributed by atoms with Crippen LogP contribution in [-0.2, 0) is 6.54 Å². The highest BCUT2D eigenvalue weighted by atomic mass is 127. The lowest BCUT2D eigenvalue weighted by Gasteiger charge is -2.13. The Labute approximate surface area is 122 Å². The molecular formula is C15H17IN2. The van der Waals surface area contributed by atoms with Gasteiger partial charge in [0.05, 0.1) is 0 Å². The second-order valence-corrected chi connectivity index (χ2v) is 5.67. The fourth-order valence-electron chi connectivity index (χ4n) is 1.68. The molecule has 18 heavy (non-hydrogen) atoms. The predicted octanol–water partition coefficient (Wildman–Crippen LogP) is 3.97. The van der Waals surface area contributed by atoms with E-state index in [0.717, 1.165) is 12.2 Å². The van der Waals surface area contributed by atoms with Crippen molar-refractivity contribution in [1.82, 2.24) is 0 Å². The molecule has 0 aliphatic carbocycles. The molecule has 0 aliphatic heterocycles. The van der Waals surface area contributed by atoms with Crippen LogP contribution >= 0.6 is 22.6 Å². The molecule has 0 atom stereocenters. The highest BCUT2D eigenvalue weighted by Crippen LogP contribution is 2.16. The molecule has 2 nitrogen and oxygen atoms in total. The van der Waals surface area contributed by atoms with Gasteiger partial charge in [-0.05, 0) is 64.6 Å². The van der Waals surface area contributed by atoms with E-state index < -0.39 is 0 Å². The molecule has 0 unspecified atom stereocenters. The van der Waals surface area contributed by atoms with Gasteiger partial charge in [-0.25, -0.2) is 0 Å². The van der Waals surface area contributed by atoms with Gasteiger partial charge < -0.3 is 10.2 Å². The van der Waals surface area contributed by atoms with Gasteiger partial charge in [-0.15, -0.1) is 0 Å². The van der Waals surface area contributed by atoms with Crippen molar-refractivity contribution in [2.75, 3.05) is 24.3 Å². The average Bonchev–Trinajstić information content (AvgIpc) is 2.38. The molecule has 0 aliphatic rings. The Morgan fingerprint density at radius 2 is 1.56 bits per heavy atom. The van der Waals surface area contributed by atoms with Crippen LogP contribution in [-0.4, -0.2) is 14.1 Å². The van der Waals surface area contributed by atoms with Crippen molar-refractivity contribution in [1.29, 1.82) is 0 Å².